The lowest BCUT2D eigenvalue weighted by Crippen LogP contribution is -2.14. The van der Waals surface area contributed by atoms with Gasteiger partial charge in [-0.2, -0.15) is 0 Å². The van der Waals surface area contributed by atoms with Gasteiger partial charge in [-0.1, -0.05) is 36.9 Å². The Morgan fingerprint density at radius 2 is 2.20 bits per heavy atom. The number of nitrogens with zero attached hydrogens (tertiary/aromatic N) is 2. The molecule has 0 radical (unpaired) electrons. The highest BCUT2D eigenvalue weighted by Gasteiger charge is 2.19. The highest BCUT2D eigenvalue weighted by atomic mass is 32.2. The van der Waals surface area contributed by atoms with Crippen LogP contribution in [-0.2, 0) is 11.4 Å². The third-order valence-corrected chi connectivity index (χ3v) is 3.74. The molecule has 0 saturated heterocycles. The number of aromatic amines is 1. The van der Waals surface area contributed by atoms with E-state index in [9.17, 15) is 4.79 Å². The Kier molecular flexibility index (Phi) is 5.00. The number of H-pyrrole nitrogens is 1. The molecule has 1 aromatic carbocycles. The van der Waals surface area contributed by atoms with E-state index in [4.69, 9.17) is 9.84 Å². The molecule has 0 spiro atoms. The molecule has 0 fully saturated rings. The maximum Gasteiger partial charge on any atom is 0.317 e. The molecule has 106 valence electrons. The molecule has 2 N–H and O–H groups in total. The summed E-state index contributed by atoms with van der Waals surface area (Å²) in [6.45, 7) is 2.08. The maximum absolute atomic E-state index is 10.9. The summed E-state index contributed by atoms with van der Waals surface area (Å²) < 4.78 is 5.52. The third kappa shape index (κ3) is 3.99. The second-order valence-electron chi connectivity index (χ2n) is 4.02. The lowest BCUT2D eigenvalue weighted by Gasteiger charge is -2.05. The molecule has 20 heavy (non-hydrogen) atoms. The van der Waals surface area contributed by atoms with Crippen LogP contribution in [0, 0.1) is 0 Å². The number of rotatable bonds is 7. The number of carboxylic acid groups (broad SMARTS) is 1. The van der Waals surface area contributed by atoms with Crippen LogP contribution < -0.4 is 4.74 Å². The van der Waals surface area contributed by atoms with E-state index in [-0.39, 0.29) is 6.61 Å². The number of thioether (sulfide) groups is 1. The van der Waals surface area contributed by atoms with E-state index in [0.717, 1.165) is 17.5 Å². The third-order valence-electron chi connectivity index (χ3n) is 2.52. The Morgan fingerprint density at radius 1 is 1.45 bits per heavy atom. The Balaban J connectivity index is 1.90. The molecule has 0 amide bonds. The van der Waals surface area contributed by atoms with Crippen LogP contribution >= 0.6 is 11.8 Å². The number of carboxylic acids is 1. The molecule has 0 aliphatic rings. The molecule has 2 rings (SSSR count). The molecule has 0 aliphatic carbocycles. The second-order valence-corrected chi connectivity index (χ2v) is 5.19. The van der Waals surface area contributed by atoms with Crippen molar-refractivity contribution >= 4 is 17.7 Å². The first kappa shape index (κ1) is 14.4. The molecule has 1 aromatic heterocycles. The van der Waals surface area contributed by atoms with Crippen molar-refractivity contribution in [1.29, 1.82) is 0 Å². The standard InChI is InChI=1S/C13H15N3O3S/c1-2-10(12(17)18)20-13-14-11(15-16-13)8-19-9-6-4-3-5-7-9/h3-7,10H,2,8H2,1H3,(H,17,18)(H,14,15,16)/t10-/m0/s1. The minimum atomic E-state index is -0.857. The van der Waals surface area contributed by atoms with Crippen LogP contribution in [0.25, 0.3) is 0 Å². The highest BCUT2D eigenvalue weighted by Crippen LogP contribution is 2.22. The molecular weight excluding hydrogens is 278 g/mol. The van der Waals surface area contributed by atoms with E-state index in [1.54, 1.807) is 0 Å². The lowest BCUT2D eigenvalue weighted by atomic mass is 10.3. The minimum absolute atomic E-state index is 0.265. The van der Waals surface area contributed by atoms with Crippen molar-refractivity contribution in [2.24, 2.45) is 0 Å². The lowest BCUT2D eigenvalue weighted by molar-refractivity contribution is -0.136. The summed E-state index contributed by atoms with van der Waals surface area (Å²) in [6, 6.07) is 9.38. The number of hydrogen-bond donors (Lipinski definition) is 2. The summed E-state index contributed by atoms with van der Waals surface area (Å²) >= 11 is 1.13. The van der Waals surface area contributed by atoms with Crippen LogP contribution in [0.3, 0.4) is 0 Å². The van der Waals surface area contributed by atoms with Gasteiger partial charge in [0.05, 0.1) is 0 Å². The molecule has 0 aliphatic heterocycles. The maximum atomic E-state index is 10.9. The molecule has 1 heterocycles. The molecule has 0 bridgehead atoms. The van der Waals surface area contributed by atoms with E-state index in [2.05, 4.69) is 15.2 Å². The van der Waals surface area contributed by atoms with Crippen molar-refractivity contribution in [3.8, 4) is 5.75 Å². The van der Waals surface area contributed by atoms with Crippen molar-refractivity contribution in [1.82, 2.24) is 15.2 Å². The van der Waals surface area contributed by atoms with Gasteiger partial charge in [0.15, 0.2) is 5.82 Å². The van der Waals surface area contributed by atoms with Gasteiger partial charge in [0.2, 0.25) is 5.16 Å². The van der Waals surface area contributed by atoms with Crippen molar-refractivity contribution in [3.05, 3.63) is 36.2 Å². The minimum Gasteiger partial charge on any atom is -0.486 e. The number of hydrogen-bond acceptors (Lipinski definition) is 5. The van der Waals surface area contributed by atoms with E-state index in [0.29, 0.717) is 17.4 Å². The predicted molar refractivity (Wildman–Crippen MR) is 74.7 cm³/mol. The van der Waals surface area contributed by atoms with Crippen LogP contribution in [0.4, 0.5) is 0 Å². The van der Waals surface area contributed by atoms with E-state index < -0.39 is 11.2 Å². The van der Waals surface area contributed by atoms with Crippen molar-refractivity contribution in [2.45, 2.75) is 30.4 Å². The summed E-state index contributed by atoms with van der Waals surface area (Å²) in [6.07, 6.45) is 0.518. The topological polar surface area (TPSA) is 88.1 Å². The summed E-state index contributed by atoms with van der Waals surface area (Å²) in [4.78, 5) is 15.1. The molecule has 6 nitrogen and oxygen atoms in total. The van der Waals surface area contributed by atoms with Crippen molar-refractivity contribution in [3.63, 3.8) is 0 Å². The number of para-hydroxylation sites is 1. The van der Waals surface area contributed by atoms with Gasteiger partial charge in [0, 0.05) is 0 Å². The summed E-state index contributed by atoms with van der Waals surface area (Å²) in [5, 5.41) is 15.6. The molecular formula is C13H15N3O3S. The SMILES string of the molecule is CC[C@H](Sc1n[nH]c(COc2ccccc2)n1)C(=O)O. The van der Waals surface area contributed by atoms with Crippen molar-refractivity contribution < 1.29 is 14.6 Å². The van der Waals surface area contributed by atoms with Crippen LogP contribution in [-0.4, -0.2) is 31.5 Å². The Hall–Kier alpha value is -2.02. The first-order valence-corrected chi connectivity index (χ1v) is 7.05. The second kappa shape index (κ2) is 6.95. The summed E-state index contributed by atoms with van der Waals surface area (Å²) in [5.41, 5.74) is 0. The molecule has 1 atom stereocenters. The fourth-order valence-corrected chi connectivity index (χ4v) is 2.28. The summed E-state index contributed by atoms with van der Waals surface area (Å²) in [5.74, 6) is 0.455. The Morgan fingerprint density at radius 3 is 2.85 bits per heavy atom. The van der Waals surface area contributed by atoms with Crippen LogP contribution in [0.2, 0.25) is 0 Å². The Labute approximate surface area is 120 Å². The van der Waals surface area contributed by atoms with E-state index in [1.165, 1.54) is 0 Å². The molecule has 0 saturated carbocycles. The average Bonchev–Trinajstić information content (AvgIpc) is 2.91. The highest BCUT2D eigenvalue weighted by molar-refractivity contribution is 8.00. The average molecular weight is 293 g/mol. The van der Waals surface area contributed by atoms with Gasteiger partial charge in [0.25, 0.3) is 0 Å². The fourth-order valence-electron chi connectivity index (χ4n) is 1.50. The van der Waals surface area contributed by atoms with Crippen LogP contribution in [0.15, 0.2) is 35.5 Å². The summed E-state index contributed by atoms with van der Waals surface area (Å²) in [7, 11) is 0. The van der Waals surface area contributed by atoms with Gasteiger partial charge in [-0.15, -0.1) is 5.10 Å². The van der Waals surface area contributed by atoms with Gasteiger partial charge in [-0.25, -0.2) is 4.98 Å². The molecule has 7 heteroatoms. The first-order chi connectivity index (χ1) is 9.69. The van der Waals surface area contributed by atoms with Crippen molar-refractivity contribution in [2.75, 3.05) is 0 Å². The van der Waals surface area contributed by atoms with Gasteiger partial charge in [-0.3, -0.25) is 9.89 Å². The quantitative estimate of drug-likeness (QED) is 0.762. The van der Waals surface area contributed by atoms with E-state index in [1.807, 2.05) is 37.3 Å². The van der Waals surface area contributed by atoms with Gasteiger partial charge < -0.3 is 9.84 Å². The molecule has 2 aromatic rings. The number of ether oxygens (including phenoxy) is 1. The zero-order valence-corrected chi connectivity index (χ0v) is 11.8. The van der Waals surface area contributed by atoms with Gasteiger partial charge in [-0.05, 0) is 18.6 Å². The zero-order valence-electron chi connectivity index (χ0n) is 10.9. The fraction of sp³-hybridized carbons (Fsp3) is 0.308. The smallest absolute Gasteiger partial charge is 0.317 e. The number of aromatic nitrogens is 3. The number of benzene rings is 1. The number of nitrogens with one attached hydrogen (secondary N) is 1. The predicted octanol–water partition coefficient (Wildman–Crippen LogP) is 2.34. The first-order valence-electron chi connectivity index (χ1n) is 6.17. The Bertz CT molecular complexity index is 559. The van der Waals surface area contributed by atoms with E-state index >= 15 is 0 Å². The van der Waals surface area contributed by atoms with Crippen LogP contribution in [0.1, 0.15) is 19.2 Å². The monoisotopic (exact) mass is 293 g/mol. The zero-order chi connectivity index (χ0) is 14.4. The largest absolute Gasteiger partial charge is 0.486 e. The number of aliphatic carboxylic acids is 1. The van der Waals surface area contributed by atoms with Crippen LogP contribution in [0.5, 0.6) is 5.75 Å². The normalized spacial score (nSPS) is 12.1. The number of carbonyl (C=O) groups is 1. The molecule has 0 unspecified atom stereocenters. The van der Waals surface area contributed by atoms with Gasteiger partial charge >= 0.3 is 5.97 Å². The van der Waals surface area contributed by atoms with Gasteiger partial charge in [0.1, 0.15) is 17.6 Å².